The van der Waals surface area contributed by atoms with E-state index in [9.17, 15) is 4.79 Å². The van der Waals surface area contributed by atoms with Gasteiger partial charge in [0.05, 0.1) is 0 Å². The van der Waals surface area contributed by atoms with Crippen molar-refractivity contribution in [1.29, 1.82) is 0 Å². The fourth-order valence-electron chi connectivity index (χ4n) is 0. The monoisotopic (exact) mass is 131 g/mol. The summed E-state index contributed by atoms with van der Waals surface area (Å²) in [5, 5.41) is 15.3. The van der Waals surface area contributed by atoms with E-state index in [0.717, 1.165) is 0 Å². The van der Waals surface area contributed by atoms with Gasteiger partial charge in [-0.1, -0.05) is 6.58 Å². The number of carboxylic acid groups (broad SMARTS) is 1. The smallest absolute Gasteiger partial charge is 0.330 e. The second-order valence-electron chi connectivity index (χ2n) is 1.31. The van der Waals surface area contributed by atoms with Crippen molar-refractivity contribution in [2.75, 3.05) is 6.61 Å². The van der Waals surface area contributed by atoms with Crippen LogP contribution in [0.2, 0.25) is 0 Å². The van der Waals surface area contributed by atoms with Crippen LogP contribution in [0.4, 0.5) is 0 Å². The number of carbonyl (C=O) groups is 1. The zero-order valence-corrected chi connectivity index (χ0v) is 5.42. The fourth-order valence-corrected chi connectivity index (χ4v) is 0. The number of aliphatic hydroxyl groups excluding tert-OH is 1. The third-order valence-electron chi connectivity index (χ3n) is 0.365. The first-order valence-corrected chi connectivity index (χ1v) is 2.35. The van der Waals surface area contributed by atoms with Crippen LogP contribution in [0.25, 0.3) is 0 Å². The first kappa shape index (κ1) is 11.0. The molecule has 0 aliphatic rings. The molecule has 0 amide bonds. The van der Waals surface area contributed by atoms with Crippen molar-refractivity contribution in [3.63, 3.8) is 0 Å². The summed E-state index contributed by atoms with van der Waals surface area (Å²) in [5.41, 5.74) is 0.176. The molecule has 0 saturated carbocycles. The Hall–Kier alpha value is -0.830. The van der Waals surface area contributed by atoms with Crippen molar-refractivity contribution < 1.29 is 15.0 Å². The van der Waals surface area contributed by atoms with E-state index in [1.807, 2.05) is 0 Å². The summed E-state index contributed by atoms with van der Waals surface area (Å²) in [6.07, 6.45) is 0. The van der Waals surface area contributed by atoms with Crippen LogP contribution in [0.3, 0.4) is 0 Å². The van der Waals surface area contributed by atoms with Gasteiger partial charge in [-0.05, 0) is 13.8 Å². The molecule has 0 aliphatic heterocycles. The zero-order chi connectivity index (χ0) is 7.86. The van der Waals surface area contributed by atoms with Crippen molar-refractivity contribution in [2.24, 2.45) is 0 Å². The fraction of sp³-hybridized carbons (Fsp3) is 0.333. The quantitative estimate of drug-likeness (QED) is 0.508. The van der Waals surface area contributed by atoms with Gasteiger partial charge in [0, 0.05) is 12.2 Å². The van der Waals surface area contributed by atoms with Gasteiger partial charge in [0.2, 0.25) is 0 Å². The molecule has 0 fully saturated rings. The number of aliphatic carboxylic acids is 1. The summed E-state index contributed by atoms with van der Waals surface area (Å²) >= 11 is 0. The van der Waals surface area contributed by atoms with Crippen LogP contribution in [0.15, 0.2) is 12.2 Å². The van der Waals surface area contributed by atoms with E-state index in [1.54, 1.807) is 0 Å². The topological polar surface area (TPSA) is 57.5 Å². The van der Waals surface area contributed by atoms with Crippen molar-refractivity contribution in [2.45, 2.75) is 6.92 Å². The van der Waals surface area contributed by atoms with Crippen molar-refractivity contribution in [3.8, 4) is 0 Å². The molecule has 0 aromatic heterocycles. The molecule has 2 N–H and O–H groups in total. The maximum Gasteiger partial charge on any atom is 0.330 e. The minimum Gasteiger partial charge on any atom is -0.478 e. The number of aliphatic hydroxyl groups is 1. The van der Waals surface area contributed by atoms with Gasteiger partial charge < -0.3 is 10.2 Å². The first-order valence-electron chi connectivity index (χ1n) is 2.35. The van der Waals surface area contributed by atoms with Gasteiger partial charge in [-0.2, -0.15) is 0 Å². The molecular formula is C6H11O3. The number of hydrogen-bond acceptors (Lipinski definition) is 2. The second kappa shape index (κ2) is 7.17. The van der Waals surface area contributed by atoms with E-state index in [0.29, 0.717) is 0 Å². The minimum absolute atomic E-state index is 0. The van der Waals surface area contributed by atoms with Crippen LogP contribution in [-0.4, -0.2) is 22.8 Å². The minimum atomic E-state index is -0.935. The predicted molar refractivity (Wildman–Crippen MR) is 34.9 cm³/mol. The number of hydrogen-bond donors (Lipinski definition) is 2. The molecule has 0 aromatic carbocycles. The molecule has 1 radical (unpaired) electrons. The average molecular weight is 131 g/mol. The highest BCUT2D eigenvalue weighted by molar-refractivity contribution is 5.84. The summed E-state index contributed by atoms with van der Waals surface area (Å²) in [6.45, 7) is 7.64. The Morgan fingerprint density at radius 3 is 1.78 bits per heavy atom. The molecule has 0 saturated heterocycles. The predicted octanol–water partition coefficient (Wildman–Crippen LogP) is 0.460. The third-order valence-corrected chi connectivity index (χ3v) is 0.365. The lowest BCUT2D eigenvalue weighted by Gasteiger charge is -1.79. The molecule has 0 bridgehead atoms. The largest absolute Gasteiger partial charge is 0.478 e. The standard InChI is InChI=1S/C4H6O2.C2H5O/c1-3(2)4(5)6;1-2-3/h1H2,2H3,(H,5,6);3H,1-2H2. The highest BCUT2D eigenvalue weighted by Gasteiger charge is 1.90. The molecule has 3 heteroatoms. The first-order chi connectivity index (χ1) is 4.06. The van der Waals surface area contributed by atoms with Gasteiger partial charge in [0.1, 0.15) is 0 Å². The van der Waals surface area contributed by atoms with E-state index < -0.39 is 5.97 Å². The number of rotatable bonds is 1. The molecular weight excluding hydrogens is 120 g/mol. The van der Waals surface area contributed by atoms with E-state index in [1.165, 1.54) is 6.92 Å². The van der Waals surface area contributed by atoms with Crippen LogP contribution >= 0.6 is 0 Å². The average Bonchev–Trinajstić information content (AvgIpc) is 1.68. The van der Waals surface area contributed by atoms with Crippen LogP contribution < -0.4 is 0 Å². The lowest BCUT2D eigenvalue weighted by molar-refractivity contribution is -0.132. The van der Waals surface area contributed by atoms with Gasteiger partial charge in [-0.25, -0.2) is 4.79 Å². The van der Waals surface area contributed by atoms with Crippen LogP contribution in [-0.2, 0) is 4.79 Å². The van der Waals surface area contributed by atoms with E-state index in [4.69, 9.17) is 10.2 Å². The Morgan fingerprint density at radius 2 is 1.78 bits per heavy atom. The highest BCUT2D eigenvalue weighted by atomic mass is 16.4. The summed E-state index contributed by atoms with van der Waals surface area (Å²) < 4.78 is 0. The van der Waals surface area contributed by atoms with E-state index in [2.05, 4.69) is 13.5 Å². The molecule has 0 spiro atoms. The van der Waals surface area contributed by atoms with E-state index >= 15 is 0 Å². The maximum atomic E-state index is 9.60. The molecule has 0 rings (SSSR count). The SMILES string of the molecule is C=C(C)C(=O)O.[CH2]CO. The van der Waals surface area contributed by atoms with Gasteiger partial charge in [0.25, 0.3) is 0 Å². The summed E-state index contributed by atoms with van der Waals surface area (Å²) in [5.74, 6) is -0.935. The Morgan fingerprint density at radius 1 is 1.67 bits per heavy atom. The van der Waals surface area contributed by atoms with Crippen LogP contribution in [0, 0.1) is 6.92 Å². The number of carboxylic acids is 1. The Bertz CT molecular complexity index is 84.5. The molecule has 0 unspecified atom stereocenters. The lowest BCUT2D eigenvalue weighted by atomic mass is 10.4. The van der Waals surface area contributed by atoms with Gasteiger partial charge in [-0.3, -0.25) is 0 Å². The maximum absolute atomic E-state index is 9.60. The second-order valence-corrected chi connectivity index (χ2v) is 1.31. The van der Waals surface area contributed by atoms with Crippen LogP contribution in [0.5, 0.6) is 0 Å². The lowest BCUT2D eigenvalue weighted by Crippen LogP contribution is -1.92. The van der Waals surface area contributed by atoms with Crippen molar-refractivity contribution in [3.05, 3.63) is 19.1 Å². The van der Waals surface area contributed by atoms with Crippen molar-refractivity contribution in [1.82, 2.24) is 0 Å². The third kappa shape index (κ3) is 19.1. The molecule has 0 heterocycles. The molecule has 0 aromatic rings. The van der Waals surface area contributed by atoms with Gasteiger partial charge >= 0.3 is 5.97 Å². The van der Waals surface area contributed by atoms with E-state index in [-0.39, 0.29) is 12.2 Å². The van der Waals surface area contributed by atoms with Crippen molar-refractivity contribution >= 4 is 5.97 Å². The van der Waals surface area contributed by atoms with Gasteiger partial charge in [0.15, 0.2) is 0 Å². The molecule has 53 valence electrons. The summed E-state index contributed by atoms with van der Waals surface area (Å²) in [7, 11) is 0. The molecule has 9 heavy (non-hydrogen) atoms. The van der Waals surface area contributed by atoms with Gasteiger partial charge in [-0.15, -0.1) is 0 Å². The summed E-state index contributed by atoms with van der Waals surface area (Å²) in [4.78, 5) is 9.60. The normalized spacial score (nSPS) is 7.00. The van der Waals surface area contributed by atoms with Crippen LogP contribution in [0.1, 0.15) is 6.92 Å². The Balaban J connectivity index is 0. The molecule has 0 aliphatic carbocycles. The molecule has 3 nitrogen and oxygen atoms in total. The highest BCUT2D eigenvalue weighted by Crippen LogP contribution is 1.81. The Labute approximate surface area is 54.6 Å². The summed E-state index contributed by atoms with van der Waals surface area (Å²) in [6, 6.07) is 0. The Kier molecular flexibility index (Phi) is 8.79. The molecule has 0 atom stereocenters. The zero-order valence-electron chi connectivity index (χ0n) is 5.42.